The molecule has 4 rings (SSSR count). The molecule has 2 amide bonds. The molecule has 0 heterocycles. The van der Waals surface area contributed by atoms with Crippen molar-refractivity contribution in [2.45, 2.75) is 58.8 Å². The van der Waals surface area contributed by atoms with Gasteiger partial charge in [-0.3, -0.25) is 9.59 Å². The maximum atomic E-state index is 12.8. The second kappa shape index (κ2) is 24.7. The van der Waals surface area contributed by atoms with Crippen molar-refractivity contribution in [3.63, 3.8) is 0 Å². The number of esters is 2. The van der Waals surface area contributed by atoms with Gasteiger partial charge in [-0.2, -0.15) is 10.2 Å². The smallest absolute Gasteiger partial charge is 0.343 e. The number of nitrogens with zero attached hydrogens (tertiary/aromatic N) is 2. The number of hydrazone groups is 2. The van der Waals surface area contributed by atoms with E-state index in [1.807, 2.05) is 13.8 Å². The molecule has 4 aromatic carbocycles. The fraction of sp³-hybridized carbons (Fsp3) is 0.333. The monoisotopic (exact) mass is 840 g/mol. The number of nitrogens with one attached hydrogen (secondary N) is 2. The van der Waals surface area contributed by atoms with Crippen LogP contribution in [0.1, 0.15) is 90.6 Å². The van der Waals surface area contributed by atoms with Gasteiger partial charge in [-0.05, 0) is 111 Å². The largest absolute Gasteiger partial charge is 0.493 e. The first-order valence-electron chi connectivity index (χ1n) is 19.7. The number of benzene rings is 4. The number of hydrogen-bond acceptors (Lipinski definition) is 14. The molecule has 0 bridgehead atoms. The van der Waals surface area contributed by atoms with Gasteiger partial charge in [0.1, 0.15) is 0 Å². The second-order valence-electron chi connectivity index (χ2n) is 13.1. The third-order valence-corrected chi connectivity index (χ3v) is 8.79. The molecule has 16 heteroatoms. The van der Waals surface area contributed by atoms with Gasteiger partial charge >= 0.3 is 11.9 Å². The van der Waals surface area contributed by atoms with Crippen LogP contribution in [0.15, 0.2) is 83.0 Å². The lowest BCUT2D eigenvalue weighted by Crippen LogP contribution is -2.17. The molecule has 4 aromatic rings. The summed E-state index contributed by atoms with van der Waals surface area (Å²) in [7, 11) is 5.97. The molecule has 0 aromatic heterocycles. The number of ether oxygens (including phenoxy) is 8. The van der Waals surface area contributed by atoms with Gasteiger partial charge in [-0.15, -0.1) is 0 Å². The number of carbonyl (C=O) groups is 4. The van der Waals surface area contributed by atoms with Crippen LogP contribution in [0.2, 0.25) is 0 Å². The molecule has 0 saturated carbocycles. The summed E-state index contributed by atoms with van der Waals surface area (Å²) in [4.78, 5) is 50.4. The maximum Gasteiger partial charge on any atom is 0.343 e. The van der Waals surface area contributed by atoms with Crippen molar-refractivity contribution in [2.75, 3.05) is 41.7 Å². The van der Waals surface area contributed by atoms with Crippen molar-refractivity contribution < 1.29 is 57.1 Å². The normalized spacial score (nSPS) is 10.9. The Morgan fingerprint density at radius 2 is 0.852 bits per heavy atom. The third-order valence-electron chi connectivity index (χ3n) is 8.79. The number of carbonyl (C=O) groups excluding carboxylic acids is 4. The van der Waals surface area contributed by atoms with Gasteiger partial charge in [-0.1, -0.05) is 19.3 Å². The van der Waals surface area contributed by atoms with Crippen LogP contribution >= 0.6 is 0 Å². The average molecular weight is 841 g/mol. The predicted molar refractivity (Wildman–Crippen MR) is 228 cm³/mol. The van der Waals surface area contributed by atoms with Crippen molar-refractivity contribution in [2.24, 2.45) is 10.2 Å². The van der Waals surface area contributed by atoms with Crippen LogP contribution in [0.3, 0.4) is 0 Å². The quantitative estimate of drug-likeness (QED) is 0.0236. The van der Waals surface area contributed by atoms with Gasteiger partial charge in [0.2, 0.25) is 11.8 Å². The summed E-state index contributed by atoms with van der Waals surface area (Å²) >= 11 is 0. The summed E-state index contributed by atoms with van der Waals surface area (Å²) in [5, 5.41) is 8.11. The average Bonchev–Trinajstić information content (AvgIpc) is 3.27. The van der Waals surface area contributed by atoms with Crippen molar-refractivity contribution in [3.05, 3.63) is 95.1 Å². The molecule has 0 saturated heterocycles. The van der Waals surface area contributed by atoms with Crippen LogP contribution in [-0.2, 0) is 9.59 Å². The van der Waals surface area contributed by atoms with Crippen LogP contribution in [0, 0.1) is 0 Å². The van der Waals surface area contributed by atoms with E-state index in [0.29, 0.717) is 84.5 Å². The molecule has 0 aliphatic heterocycles. The minimum atomic E-state index is -0.600. The minimum absolute atomic E-state index is 0.224. The molecule has 0 aliphatic rings. The van der Waals surface area contributed by atoms with Crippen LogP contribution in [-0.4, -0.2) is 77.8 Å². The summed E-state index contributed by atoms with van der Waals surface area (Å²) in [5.41, 5.74) is 6.87. The van der Waals surface area contributed by atoms with Gasteiger partial charge < -0.3 is 37.9 Å². The van der Waals surface area contributed by atoms with Crippen molar-refractivity contribution >= 4 is 36.2 Å². The lowest BCUT2D eigenvalue weighted by atomic mass is 10.1. The highest BCUT2D eigenvalue weighted by Crippen LogP contribution is 2.33. The van der Waals surface area contributed by atoms with Gasteiger partial charge in [0.15, 0.2) is 46.0 Å². The first kappa shape index (κ1) is 46.6. The fourth-order valence-corrected chi connectivity index (χ4v) is 5.73. The van der Waals surface area contributed by atoms with Crippen molar-refractivity contribution in [1.82, 2.24) is 10.9 Å². The summed E-state index contributed by atoms with van der Waals surface area (Å²) in [6, 6.07) is 19.3. The molecular weight excluding hydrogens is 789 g/mol. The van der Waals surface area contributed by atoms with Gasteiger partial charge in [0.05, 0.1) is 65.2 Å². The molecule has 0 aliphatic carbocycles. The van der Waals surface area contributed by atoms with Crippen molar-refractivity contribution in [1.29, 1.82) is 0 Å². The highest BCUT2D eigenvalue weighted by molar-refractivity contribution is 5.93. The minimum Gasteiger partial charge on any atom is -0.493 e. The van der Waals surface area contributed by atoms with E-state index in [4.69, 9.17) is 37.9 Å². The SMILES string of the molecule is CCOc1cc(C=NNC(=O)CCCCCCCC(=O)NN=Cc2ccc(OC(=O)c3ccc(OC)c(OC)c3)c(OCC)c2)ccc1OC(=O)c1ccc(OC)c(OC)c1. The summed E-state index contributed by atoms with van der Waals surface area (Å²) in [6.07, 6.45) is 7.40. The standard InChI is InChI=1S/C45H52N4O12/c1-7-58-40-24-30(16-20-36(40)60-44(52)32-18-22-34(54-3)38(26-32)56-5)28-46-48-42(50)14-12-10-9-11-13-15-43(51)49-47-29-31-17-21-37(41(25-31)59-8-2)61-45(53)33-19-23-35(55-4)39(27-33)57-6/h16-29H,7-15H2,1-6H3,(H,48,50)(H,49,51). The fourth-order valence-electron chi connectivity index (χ4n) is 5.73. The molecular formula is C45H52N4O12. The Kier molecular flexibility index (Phi) is 18.9. The summed E-state index contributed by atoms with van der Waals surface area (Å²) in [5.74, 6) is 1.25. The molecule has 324 valence electrons. The van der Waals surface area contributed by atoms with Crippen LogP contribution in [0.25, 0.3) is 0 Å². The van der Waals surface area contributed by atoms with E-state index in [1.165, 1.54) is 53.0 Å². The molecule has 61 heavy (non-hydrogen) atoms. The Hall–Kier alpha value is -7.10. The molecule has 16 nitrogen and oxygen atoms in total. The third kappa shape index (κ3) is 14.6. The van der Waals surface area contributed by atoms with Crippen LogP contribution in [0.5, 0.6) is 46.0 Å². The number of hydrogen-bond donors (Lipinski definition) is 2. The Morgan fingerprint density at radius 1 is 0.475 bits per heavy atom. The topological polar surface area (TPSA) is 191 Å². The van der Waals surface area contributed by atoms with E-state index in [9.17, 15) is 19.2 Å². The van der Waals surface area contributed by atoms with E-state index in [1.54, 1.807) is 60.7 Å². The van der Waals surface area contributed by atoms with E-state index >= 15 is 0 Å². The molecule has 0 radical (unpaired) electrons. The lowest BCUT2D eigenvalue weighted by molar-refractivity contribution is -0.121. The molecule has 0 fully saturated rings. The Morgan fingerprint density at radius 3 is 1.23 bits per heavy atom. The molecule has 0 spiro atoms. The first-order valence-corrected chi connectivity index (χ1v) is 19.7. The van der Waals surface area contributed by atoms with E-state index < -0.39 is 11.9 Å². The molecule has 0 unspecified atom stereocenters. The highest BCUT2D eigenvalue weighted by atomic mass is 16.6. The van der Waals surface area contributed by atoms with Gasteiger partial charge in [0.25, 0.3) is 0 Å². The van der Waals surface area contributed by atoms with Crippen molar-refractivity contribution in [3.8, 4) is 46.0 Å². The Bertz CT molecular complexity index is 2020. The van der Waals surface area contributed by atoms with Gasteiger partial charge in [0, 0.05) is 12.8 Å². The van der Waals surface area contributed by atoms with Gasteiger partial charge in [-0.25, -0.2) is 20.4 Å². The zero-order valence-electron chi connectivity index (χ0n) is 35.2. The first-order chi connectivity index (χ1) is 29.6. The highest BCUT2D eigenvalue weighted by Gasteiger charge is 2.18. The molecule has 0 atom stereocenters. The number of methoxy groups -OCH3 is 4. The maximum absolute atomic E-state index is 12.8. The van der Waals surface area contributed by atoms with E-state index in [2.05, 4.69) is 21.1 Å². The van der Waals surface area contributed by atoms with E-state index in [0.717, 1.165) is 19.3 Å². The Balaban J connectivity index is 1.13. The zero-order chi connectivity index (χ0) is 44.0. The lowest BCUT2D eigenvalue weighted by Gasteiger charge is -2.12. The zero-order valence-corrected chi connectivity index (χ0v) is 35.2. The van der Waals surface area contributed by atoms with Crippen LogP contribution < -0.4 is 48.7 Å². The van der Waals surface area contributed by atoms with E-state index in [-0.39, 0.29) is 34.4 Å². The number of unbranched alkanes of at least 4 members (excludes halogenated alkanes) is 4. The Labute approximate surface area is 355 Å². The summed E-state index contributed by atoms with van der Waals surface area (Å²) in [6.45, 7) is 4.29. The number of rotatable bonds is 24. The molecule has 2 N–H and O–H groups in total. The van der Waals surface area contributed by atoms with Crippen LogP contribution in [0.4, 0.5) is 0 Å². The summed E-state index contributed by atoms with van der Waals surface area (Å²) < 4.78 is 43.6. The second-order valence-corrected chi connectivity index (χ2v) is 13.1. The number of amides is 2. The predicted octanol–water partition coefficient (Wildman–Crippen LogP) is 7.29.